The van der Waals surface area contributed by atoms with Crippen molar-refractivity contribution in [3.63, 3.8) is 0 Å². The highest BCUT2D eigenvalue weighted by atomic mass is 16.5. The monoisotopic (exact) mass is 279 g/mol. The van der Waals surface area contributed by atoms with E-state index in [9.17, 15) is 4.79 Å². The average Bonchev–Trinajstić information content (AvgIpc) is 2.54. The molecule has 2 aromatic rings. The molecule has 0 unspecified atom stereocenters. The highest BCUT2D eigenvalue weighted by Crippen LogP contribution is 2.21. The van der Waals surface area contributed by atoms with Crippen molar-refractivity contribution in [2.24, 2.45) is 5.11 Å². The Bertz CT molecular complexity index is 700. The summed E-state index contributed by atoms with van der Waals surface area (Å²) in [5.41, 5.74) is 11.0. The Hall–Kier alpha value is -3.04. The standard InChI is InChI=1S/C16H13N3O2/c1-21-16(20)15(13-5-3-2-4-6-13)11-12-7-9-14(10-8-12)18-19-17/h2-11H,1H3. The van der Waals surface area contributed by atoms with Crippen LogP contribution in [0.25, 0.3) is 22.1 Å². The highest BCUT2D eigenvalue weighted by molar-refractivity contribution is 6.21. The van der Waals surface area contributed by atoms with Crippen LogP contribution < -0.4 is 0 Å². The molecule has 0 aliphatic carbocycles. The molecule has 21 heavy (non-hydrogen) atoms. The molecule has 0 aromatic heterocycles. The predicted octanol–water partition coefficient (Wildman–Crippen LogP) is 4.34. The number of carbonyl (C=O) groups is 1. The summed E-state index contributed by atoms with van der Waals surface area (Å²) in [4.78, 5) is 14.7. The quantitative estimate of drug-likeness (QED) is 0.208. The van der Waals surface area contributed by atoms with Gasteiger partial charge in [0.15, 0.2) is 0 Å². The molecule has 2 rings (SSSR count). The number of azide groups is 1. The molecule has 0 N–H and O–H groups in total. The molecular formula is C16H13N3O2. The highest BCUT2D eigenvalue weighted by Gasteiger charge is 2.11. The second-order valence-corrected chi connectivity index (χ2v) is 4.20. The Morgan fingerprint density at radius 2 is 1.81 bits per heavy atom. The van der Waals surface area contributed by atoms with E-state index in [0.717, 1.165) is 11.1 Å². The summed E-state index contributed by atoms with van der Waals surface area (Å²) >= 11 is 0. The van der Waals surface area contributed by atoms with E-state index >= 15 is 0 Å². The number of carbonyl (C=O) groups excluding carboxylic acids is 1. The number of ether oxygens (including phenoxy) is 1. The molecule has 0 bridgehead atoms. The summed E-state index contributed by atoms with van der Waals surface area (Å²) in [7, 11) is 1.35. The molecule has 0 atom stereocenters. The van der Waals surface area contributed by atoms with Gasteiger partial charge in [0, 0.05) is 10.6 Å². The summed E-state index contributed by atoms with van der Waals surface area (Å²) in [5.74, 6) is -0.402. The molecule has 0 spiro atoms. The molecule has 0 heterocycles. The van der Waals surface area contributed by atoms with Gasteiger partial charge in [-0.1, -0.05) is 59.7 Å². The maximum atomic E-state index is 11.9. The van der Waals surface area contributed by atoms with Crippen LogP contribution in [0.2, 0.25) is 0 Å². The number of benzene rings is 2. The Morgan fingerprint density at radius 1 is 1.14 bits per heavy atom. The fraction of sp³-hybridized carbons (Fsp3) is 0.0625. The van der Waals surface area contributed by atoms with E-state index in [-0.39, 0.29) is 0 Å². The first-order chi connectivity index (χ1) is 10.2. The van der Waals surface area contributed by atoms with Crippen molar-refractivity contribution >= 4 is 23.3 Å². The van der Waals surface area contributed by atoms with Crippen molar-refractivity contribution < 1.29 is 9.53 Å². The van der Waals surface area contributed by atoms with Crippen LogP contribution >= 0.6 is 0 Å². The minimum Gasteiger partial charge on any atom is -0.465 e. The zero-order valence-electron chi connectivity index (χ0n) is 11.4. The summed E-state index contributed by atoms with van der Waals surface area (Å²) in [5, 5.41) is 3.50. The predicted molar refractivity (Wildman–Crippen MR) is 81.6 cm³/mol. The van der Waals surface area contributed by atoms with Crippen molar-refractivity contribution in [1.82, 2.24) is 0 Å². The summed E-state index contributed by atoms with van der Waals surface area (Å²) in [6.45, 7) is 0. The van der Waals surface area contributed by atoms with Gasteiger partial charge in [-0.2, -0.15) is 0 Å². The van der Waals surface area contributed by atoms with Crippen molar-refractivity contribution in [2.45, 2.75) is 0 Å². The minimum atomic E-state index is -0.402. The van der Waals surface area contributed by atoms with Crippen LogP contribution in [-0.4, -0.2) is 13.1 Å². The third-order valence-corrected chi connectivity index (χ3v) is 2.85. The number of hydrogen-bond donors (Lipinski definition) is 0. The SMILES string of the molecule is COC(=O)C(=Cc1ccc(N=[N+]=[N-])cc1)c1ccccc1. The molecular weight excluding hydrogens is 266 g/mol. The maximum absolute atomic E-state index is 11.9. The number of rotatable bonds is 4. The van der Waals surface area contributed by atoms with E-state index in [1.807, 2.05) is 30.3 Å². The smallest absolute Gasteiger partial charge is 0.338 e. The third-order valence-electron chi connectivity index (χ3n) is 2.85. The lowest BCUT2D eigenvalue weighted by atomic mass is 10.0. The van der Waals surface area contributed by atoms with Gasteiger partial charge in [0.2, 0.25) is 0 Å². The molecule has 0 saturated carbocycles. The molecule has 0 fully saturated rings. The first kappa shape index (κ1) is 14.4. The van der Waals surface area contributed by atoms with Gasteiger partial charge in [-0.25, -0.2) is 4.79 Å². The zero-order valence-corrected chi connectivity index (χ0v) is 11.4. The first-order valence-electron chi connectivity index (χ1n) is 6.25. The fourth-order valence-electron chi connectivity index (χ4n) is 1.84. The van der Waals surface area contributed by atoms with E-state index in [1.54, 1.807) is 30.3 Å². The van der Waals surface area contributed by atoms with Crippen LogP contribution in [0.5, 0.6) is 0 Å². The second-order valence-electron chi connectivity index (χ2n) is 4.20. The molecule has 0 aliphatic heterocycles. The van der Waals surface area contributed by atoms with Crippen LogP contribution in [0.4, 0.5) is 5.69 Å². The first-order valence-corrected chi connectivity index (χ1v) is 6.25. The Labute approximate surface area is 122 Å². The van der Waals surface area contributed by atoms with Gasteiger partial charge in [-0.05, 0) is 22.7 Å². The van der Waals surface area contributed by atoms with Crippen molar-refractivity contribution in [3.05, 3.63) is 76.2 Å². The average molecular weight is 279 g/mol. The Morgan fingerprint density at radius 3 is 2.38 bits per heavy atom. The van der Waals surface area contributed by atoms with Crippen LogP contribution in [-0.2, 0) is 9.53 Å². The van der Waals surface area contributed by atoms with Gasteiger partial charge in [0.1, 0.15) is 0 Å². The van der Waals surface area contributed by atoms with Crippen LogP contribution in [0.15, 0.2) is 59.7 Å². The van der Waals surface area contributed by atoms with Gasteiger partial charge in [0.25, 0.3) is 0 Å². The number of methoxy groups -OCH3 is 1. The summed E-state index contributed by atoms with van der Waals surface area (Å²) < 4.78 is 4.83. The van der Waals surface area contributed by atoms with E-state index in [1.165, 1.54) is 7.11 Å². The van der Waals surface area contributed by atoms with Gasteiger partial charge >= 0.3 is 5.97 Å². The van der Waals surface area contributed by atoms with Gasteiger partial charge < -0.3 is 4.74 Å². The molecule has 0 radical (unpaired) electrons. The molecule has 104 valence electrons. The van der Waals surface area contributed by atoms with Gasteiger partial charge in [-0.15, -0.1) is 0 Å². The number of hydrogen-bond acceptors (Lipinski definition) is 3. The maximum Gasteiger partial charge on any atom is 0.338 e. The van der Waals surface area contributed by atoms with Crippen molar-refractivity contribution in [3.8, 4) is 0 Å². The lowest BCUT2D eigenvalue weighted by Crippen LogP contribution is -2.03. The molecule has 0 saturated heterocycles. The van der Waals surface area contributed by atoms with E-state index in [0.29, 0.717) is 11.3 Å². The Balaban J connectivity index is 2.41. The molecule has 5 nitrogen and oxygen atoms in total. The summed E-state index contributed by atoms with van der Waals surface area (Å²) in [6.07, 6.45) is 1.74. The molecule has 0 amide bonds. The molecule has 5 heteroatoms. The second kappa shape index (κ2) is 6.93. The minimum absolute atomic E-state index is 0.402. The summed E-state index contributed by atoms with van der Waals surface area (Å²) in [6, 6.07) is 16.2. The number of nitrogens with zero attached hydrogens (tertiary/aromatic N) is 3. The fourth-order valence-corrected chi connectivity index (χ4v) is 1.84. The Kier molecular flexibility index (Phi) is 4.75. The third kappa shape index (κ3) is 3.72. The van der Waals surface area contributed by atoms with Crippen LogP contribution in [0.1, 0.15) is 11.1 Å². The lowest BCUT2D eigenvalue weighted by Gasteiger charge is -2.06. The molecule has 2 aromatic carbocycles. The lowest BCUT2D eigenvalue weighted by molar-refractivity contribution is -0.133. The van der Waals surface area contributed by atoms with E-state index in [4.69, 9.17) is 10.3 Å². The van der Waals surface area contributed by atoms with Gasteiger partial charge in [0.05, 0.1) is 12.7 Å². The number of esters is 1. The normalized spacial score (nSPS) is 10.6. The molecule has 0 aliphatic rings. The van der Waals surface area contributed by atoms with Gasteiger partial charge in [-0.3, -0.25) is 0 Å². The topological polar surface area (TPSA) is 75.1 Å². The van der Waals surface area contributed by atoms with Crippen LogP contribution in [0.3, 0.4) is 0 Å². The zero-order chi connectivity index (χ0) is 15.1. The van der Waals surface area contributed by atoms with E-state index < -0.39 is 5.97 Å². The van der Waals surface area contributed by atoms with Crippen molar-refractivity contribution in [1.29, 1.82) is 0 Å². The van der Waals surface area contributed by atoms with Crippen LogP contribution in [0, 0.1) is 0 Å². The van der Waals surface area contributed by atoms with E-state index in [2.05, 4.69) is 10.0 Å². The van der Waals surface area contributed by atoms with Crippen molar-refractivity contribution in [2.75, 3.05) is 7.11 Å². The largest absolute Gasteiger partial charge is 0.465 e.